The van der Waals surface area contributed by atoms with E-state index in [0.29, 0.717) is 17.9 Å². The third-order valence-electron chi connectivity index (χ3n) is 3.08. The van der Waals surface area contributed by atoms with Gasteiger partial charge in [-0.05, 0) is 24.3 Å². The summed E-state index contributed by atoms with van der Waals surface area (Å²) in [5.74, 6) is -0.223. The van der Waals surface area contributed by atoms with E-state index < -0.39 is 0 Å². The molecule has 0 aliphatic carbocycles. The van der Waals surface area contributed by atoms with Crippen LogP contribution in [-0.4, -0.2) is 26.1 Å². The van der Waals surface area contributed by atoms with Gasteiger partial charge in [-0.25, -0.2) is 4.68 Å². The smallest absolute Gasteiger partial charge is 0.250 e. The van der Waals surface area contributed by atoms with E-state index in [1.165, 1.54) is 12.3 Å². The topological polar surface area (TPSA) is 77.0 Å². The maximum atomic E-state index is 12.2. The first-order valence-electron chi connectivity index (χ1n) is 6.58. The van der Waals surface area contributed by atoms with Crippen LogP contribution in [0, 0.1) is 0 Å². The predicted octanol–water partition coefficient (Wildman–Crippen LogP) is 1.97. The highest BCUT2D eigenvalue weighted by molar-refractivity contribution is 6.01. The molecule has 0 saturated carbocycles. The van der Waals surface area contributed by atoms with Gasteiger partial charge < -0.3 is 9.42 Å². The van der Waals surface area contributed by atoms with Crippen molar-refractivity contribution >= 4 is 11.6 Å². The molecule has 3 rings (SSSR count). The van der Waals surface area contributed by atoms with E-state index in [-0.39, 0.29) is 5.91 Å². The van der Waals surface area contributed by atoms with E-state index in [0.717, 1.165) is 5.69 Å². The number of rotatable bonds is 5. The Hall–Kier alpha value is -3.22. The van der Waals surface area contributed by atoms with E-state index in [1.807, 2.05) is 24.3 Å². The monoisotopic (exact) mass is 295 g/mol. The lowest BCUT2D eigenvalue weighted by Crippen LogP contribution is -2.28. The Labute approximate surface area is 126 Å². The molecule has 0 aliphatic rings. The Morgan fingerprint density at radius 2 is 2.32 bits per heavy atom. The Morgan fingerprint density at radius 1 is 1.41 bits per heavy atom. The molecule has 0 bridgehead atoms. The number of carbonyl (C=O) groups is 1. The Morgan fingerprint density at radius 3 is 3.00 bits per heavy atom. The highest BCUT2D eigenvalue weighted by atomic mass is 16.5. The molecule has 0 radical (unpaired) electrons. The average molecular weight is 295 g/mol. The van der Waals surface area contributed by atoms with Gasteiger partial charge in [-0.2, -0.15) is 0 Å². The number of anilines is 1. The molecule has 0 saturated heterocycles. The van der Waals surface area contributed by atoms with E-state index in [4.69, 9.17) is 4.52 Å². The minimum absolute atomic E-state index is 0.223. The van der Waals surface area contributed by atoms with Gasteiger partial charge >= 0.3 is 0 Å². The summed E-state index contributed by atoms with van der Waals surface area (Å²) in [5, 5.41) is 11.6. The third-order valence-corrected chi connectivity index (χ3v) is 3.08. The zero-order valence-corrected chi connectivity index (χ0v) is 11.7. The van der Waals surface area contributed by atoms with Crippen molar-refractivity contribution in [3.8, 4) is 5.69 Å². The SMILES string of the molecule is C=CC(=O)N(Cc1ccon1)c1cccc(-n2ccnn2)c1. The molecule has 0 aliphatic heterocycles. The average Bonchev–Trinajstić information content (AvgIpc) is 3.25. The van der Waals surface area contributed by atoms with Gasteiger partial charge in [0.25, 0.3) is 5.91 Å². The number of nitrogens with zero attached hydrogens (tertiary/aromatic N) is 5. The second-order valence-corrected chi connectivity index (χ2v) is 4.49. The molecule has 0 unspecified atom stereocenters. The molecule has 0 fully saturated rings. The number of hydrogen-bond donors (Lipinski definition) is 0. The summed E-state index contributed by atoms with van der Waals surface area (Å²) in [6.45, 7) is 3.84. The van der Waals surface area contributed by atoms with Crippen molar-refractivity contribution in [2.45, 2.75) is 6.54 Å². The van der Waals surface area contributed by atoms with Gasteiger partial charge in [0.05, 0.1) is 24.6 Å². The van der Waals surface area contributed by atoms with E-state index in [1.54, 1.807) is 28.0 Å². The van der Waals surface area contributed by atoms with Crippen molar-refractivity contribution < 1.29 is 9.32 Å². The fourth-order valence-electron chi connectivity index (χ4n) is 2.04. The second-order valence-electron chi connectivity index (χ2n) is 4.49. The van der Waals surface area contributed by atoms with Crippen molar-refractivity contribution in [3.05, 3.63) is 67.3 Å². The molecular formula is C15H13N5O2. The first-order valence-corrected chi connectivity index (χ1v) is 6.58. The number of benzene rings is 1. The molecule has 22 heavy (non-hydrogen) atoms. The molecule has 2 heterocycles. The standard InChI is InChI=1S/C15H13N5O2/c1-2-15(21)19(11-12-6-9-22-17-12)13-4-3-5-14(10-13)20-8-7-16-18-20/h2-10H,1,11H2. The number of hydrogen-bond acceptors (Lipinski definition) is 5. The normalized spacial score (nSPS) is 10.4. The van der Waals surface area contributed by atoms with Crippen molar-refractivity contribution in [2.75, 3.05) is 4.90 Å². The fourth-order valence-corrected chi connectivity index (χ4v) is 2.04. The summed E-state index contributed by atoms with van der Waals surface area (Å²) >= 11 is 0. The van der Waals surface area contributed by atoms with Gasteiger partial charge in [0.1, 0.15) is 12.0 Å². The summed E-state index contributed by atoms with van der Waals surface area (Å²) in [6.07, 6.45) is 6.06. The Balaban J connectivity index is 1.95. The zero-order chi connectivity index (χ0) is 15.4. The first kappa shape index (κ1) is 13.7. The lowest BCUT2D eigenvalue weighted by atomic mass is 10.2. The lowest BCUT2D eigenvalue weighted by molar-refractivity contribution is -0.114. The van der Waals surface area contributed by atoms with E-state index in [2.05, 4.69) is 22.0 Å². The van der Waals surface area contributed by atoms with Crippen molar-refractivity contribution in [2.24, 2.45) is 0 Å². The summed E-state index contributed by atoms with van der Waals surface area (Å²) in [6, 6.07) is 9.12. The van der Waals surface area contributed by atoms with Gasteiger partial charge in [-0.15, -0.1) is 5.10 Å². The van der Waals surface area contributed by atoms with Gasteiger partial charge in [0, 0.05) is 11.8 Å². The highest BCUT2D eigenvalue weighted by Gasteiger charge is 2.15. The van der Waals surface area contributed by atoms with Crippen LogP contribution in [-0.2, 0) is 11.3 Å². The molecule has 2 aromatic heterocycles. The Kier molecular flexibility index (Phi) is 3.78. The molecule has 3 aromatic rings. The van der Waals surface area contributed by atoms with Crippen molar-refractivity contribution in [1.82, 2.24) is 20.2 Å². The second kappa shape index (κ2) is 6.04. The van der Waals surface area contributed by atoms with Crippen LogP contribution >= 0.6 is 0 Å². The summed E-state index contributed by atoms with van der Waals surface area (Å²) < 4.78 is 6.43. The molecule has 0 N–H and O–H groups in total. The van der Waals surface area contributed by atoms with Gasteiger partial charge in [-0.3, -0.25) is 4.79 Å². The molecule has 7 nitrogen and oxygen atoms in total. The van der Waals surface area contributed by atoms with E-state index in [9.17, 15) is 4.79 Å². The van der Waals surface area contributed by atoms with Crippen LogP contribution < -0.4 is 4.90 Å². The van der Waals surface area contributed by atoms with Crippen LogP contribution in [0.2, 0.25) is 0 Å². The summed E-state index contributed by atoms with van der Waals surface area (Å²) in [5.41, 5.74) is 2.17. The third kappa shape index (κ3) is 2.78. The molecule has 0 spiro atoms. The predicted molar refractivity (Wildman–Crippen MR) is 79.2 cm³/mol. The van der Waals surface area contributed by atoms with Crippen LogP contribution in [0.1, 0.15) is 5.69 Å². The fraction of sp³-hybridized carbons (Fsp3) is 0.0667. The van der Waals surface area contributed by atoms with Crippen LogP contribution in [0.4, 0.5) is 5.69 Å². The van der Waals surface area contributed by atoms with Crippen molar-refractivity contribution in [3.63, 3.8) is 0 Å². The maximum Gasteiger partial charge on any atom is 0.250 e. The van der Waals surface area contributed by atoms with E-state index >= 15 is 0 Å². The molecule has 0 atom stereocenters. The van der Waals surface area contributed by atoms with Crippen LogP contribution in [0.5, 0.6) is 0 Å². The van der Waals surface area contributed by atoms with Crippen LogP contribution in [0.15, 0.2) is 66.2 Å². The minimum Gasteiger partial charge on any atom is -0.364 e. The first-order chi connectivity index (χ1) is 10.8. The van der Waals surface area contributed by atoms with Gasteiger partial charge in [0.15, 0.2) is 0 Å². The highest BCUT2D eigenvalue weighted by Crippen LogP contribution is 2.20. The Bertz CT molecular complexity index is 765. The number of carbonyl (C=O) groups excluding carboxylic acids is 1. The number of amides is 1. The largest absolute Gasteiger partial charge is 0.364 e. The van der Waals surface area contributed by atoms with Crippen LogP contribution in [0.3, 0.4) is 0 Å². The number of aromatic nitrogens is 4. The molecule has 1 aromatic carbocycles. The molecular weight excluding hydrogens is 282 g/mol. The quantitative estimate of drug-likeness (QED) is 0.673. The zero-order valence-electron chi connectivity index (χ0n) is 11.7. The molecule has 1 amide bonds. The molecule has 7 heteroatoms. The lowest BCUT2D eigenvalue weighted by Gasteiger charge is -2.20. The maximum absolute atomic E-state index is 12.2. The summed E-state index contributed by atoms with van der Waals surface area (Å²) in [4.78, 5) is 13.7. The summed E-state index contributed by atoms with van der Waals surface area (Å²) in [7, 11) is 0. The van der Waals surface area contributed by atoms with Crippen molar-refractivity contribution in [1.29, 1.82) is 0 Å². The van der Waals surface area contributed by atoms with Gasteiger partial charge in [-0.1, -0.05) is 23.0 Å². The van der Waals surface area contributed by atoms with Crippen LogP contribution in [0.25, 0.3) is 5.69 Å². The minimum atomic E-state index is -0.223. The van der Waals surface area contributed by atoms with Gasteiger partial charge in [0.2, 0.25) is 0 Å². The molecule has 110 valence electrons.